The molecule has 2 heterocycles. The first-order valence-electron chi connectivity index (χ1n) is 6.33. The van der Waals surface area contributed by atoms with Crippen molar-refractivity contribution in [3.8, 4) is 0 Å². The van der Waals surface area contributed by atoms with Gasteiger partial charge in [-0.1, -0.05) is 0 Å². The average Bonchev–Trinajstić information content (AvgIpc) is 2.24. The largest absolute Gasteiger partial charge is 0.481 e. The lowest BCUT2D eigenvalue weighted by atomic mass is 9.85. The quantitative estimate of drug-likeness (QED) is 0.711. The molecule has 0 saturated carbocycles. The molecule has 0 aromatic carbocycles. The molecule has 0 spiro atoms. The van der Waals surface area contributed by atoms with Crippen molar-refractivity contribution in [1.29, 1.82) is 0 Å². The summed E-state index contributed by atoms with van der Waals surface area (Å²) in [6, 6.07) is 0. The van der Waals surface area contributed by atoms with Crippen molar-refractivity contribution in [2.24, 2.45) is 11.3 Å². The second kappa shape index (κ2) is 5.33. The third kappa shape index (κ3) is 2.97. The van der Waals surface area contributed by atoms with Gasteiger partial charge in [-0.2, -0.15) is 0 Å². The maximum Gasteiger partial charge on any atom is 0.315 e. The van der Waals surface area contributed by atoms with E-state index in [2.05, 4.69) is 17.3 Å². The van der Waals surface area contributed by atoms with Crippen LogP contribution in [0.15, 0.2) is 0 Å². The summed E-state index contributed by atoms with van der Waals surface area (Å²) < 4.78 is 5.03. The van der Waals surface area contributed by atoms with Crippen LogP contribution in [0.1, 0.15) is 12.8 Å². The summed E-state index contributed by atoms with van der Waals surface area (Å²) in [6.07, 6.45) is 2.42. The van der Waals surface area contributed by atoms with E-state index in [9.17, 15) is 4.79 Å². The molecule has 0 unspecified atom stereocenters. The third-order valence-corrected chi connectivity index (χ3v) is 3.94. The van der Waals surface area contributed by atoms with Gasteiger partial charge in [-0.3, -0.25) is 4.79 Å². The van der Waals surface area contributed by atoms with Gasteiger partial charge >= 0.3 is 5.97 Å². The van der Waals surface area contributed by atoms with Crippen LogP contribution in [-0.4, -0.2) is 62.4 Å². The molecule has 2 saturated heterocycles. The minimum absolute atomic E-state index is 0.350. The Morgan fingerprint density at radius 1 is 1.47 bits per heavy atom. The van der Waals surface area contributed by atoms with Crippen LogP contribution in [0.5, 0.6) is 0 Å². The fourth-order valence-corrected chi connectivity index (χ4v) is 2.43. The number of piperidine rings is 1. The highest BCUT2D eigenvalue weighted by Crippen LogP contribution is 2.27. The lowest BCUT2D eigenvalue weighted by molar-refractivity contribution is -0.178. The molecule has 0 bridgehead atoms. The molecule has 2 aliphatic rings. The van der Waals surface area contributed by atoms with Crippen molar-refractivity contribution < 1.29 is 14.6 Å². The van der Waals surface area contributed by atoms with Gasteiger partial charge in [0, 0.05) is 6.54 Å². The van der Waals surface area contributed by atoms with Gasteiger partial charge in [0.05, 0.1) is 13.2 Å². The number of aliphatic carboxylic acids is 1. The number of hydrogen-bond donors (Lipinski definition) is 2. The summed E-state index contributed by atoms with van der Waals surface area (Å²) in [5.74, 6) is -0.0438. The molecule has 2 N–H and O–H groups in total. The minimum atomic E-state index is -0.736. The van der Waals surface area contributed by atoms with Gasteiger partial charge < -0.3 is 20.1 Å². The number of nitrogens with zero attached hydrogens (tertiary/aromatic N) is 1. The minimum Gasteiger partial charge on any atom is -0.481 e. The first-order chi connectivity index (χ1) is 8.12. The van der Waals surface area contributed by atoms with E-state index in [1.165, 1.54) is 12.8 Å². The first-order valence-corrected chi connectivity index (χ1v) is 6.33. The number of ether oxygens (including phenoxy) is 1. The van der Waals surface area contributed by atoms with Crippen LogP contribution >= 0.6 is 0 Å². The van der Waals surface area contributed by atoms with Crippen LogP contribution in [0, 0.1) is 11.3 Å². The maximum atomic E-state index is 11.1. The second-order valence-electron chi connectivity index (χ2n) is 5.46. The summed E-state index contributed by atoms with van der Waals surface area (Å²) in [5, 5.41) is 12.4. The Morgan fingerprint density at radius 3 is 2.59 bits per heavy atom. The highest BCUT2D eigenvalue weighted by Gasteiger charge is 2.45. The van der Waals surface area contributed by atoms with Crippen LogP contribution in [0.4, 0.5) is 0 Å². The Labute approximate surface area is 102 Å². The summed E-state index contributed by atoms with van der Waals surface area (Å²) in [6.45, 7) is 4.47. The van der Waals surface area contributed by atoms with Gasteiger partial charge in [-0.25, -0.2) is 0 Å². The van der Waals surface area contributed by atoms with E-state index in [1.54, 1.807) is 0 Å². The summed E-state index contributed by atoms with van der Waals surface area (Å²) in [5.41, 5.74) is -0.661. The van der Waals surface area contributed by atoms with Gasteiger partial charge in [0.25, 0.3) is 0 Å². The molecule has 5 nitrogen and oxygen atoms in total. The highest BCUT2D eigenvalue weighted by molar-refractivity contribution is 5.76. The molecule has 17 heavy (non-hydrogen) atoms. The number of carbonyl (C=O) groups is 1. The number of likely N-dealkylation sites (tertiary alicyclic amines) is 1. The smallest absolute Gasteiger partial charge is 0.315 e. The zero-order valence-corrected chi connectivity index (χ0v) is 10.4. The molecule has 5 heteroatoms. The lowest BCUT2D eigenvalue weighted by Crippen LogP contribution is -2.55. The number of nitrogens with one attached hydrogen (secondary N) is 1. The van der Waals surface area contributed by atoms with Crippen molar-refractivity contribution in [1.82, 2.24) is 10.2 Å². The summed E-state index contributed by atoms with van der Waals surface area (Å²) in [7, 11) is 2.15. The predicted molar refractivity (Wildman–Crippen MR) is 64.0 cm³/mol. The Kier molecular flexibility index (Phi) is 4.01. The van der Waals surface area contributed by atoms with Gasteiger partial charge in [-0.05, 0) is 45.4 Å². The number of carboxylic acid groups (broad SMARTS) is 1. The van der Waals surface area contributed by atoms with Gasteiger partial charge in [-0.15, -0.1) is 0 Å². The Balaban J connectivity index is 1.67. The predicted octanol–water partition coefficient (Wildman–Crippen LogP) is 0.0190. The zero-order chi connectivity index (χ0) is 12.3. The maximum absolute atomic E-state index is 11.1. The number of carboxylic acids is 1. The lowest BCUT2D eigenvalue weighted by Gasteiger charge is -2.38. The highest BCUT2D eigenvalue weighted by atomic mass is 16.5. The molecule has 0 atom stereocenters. The molecule has 98 valence electrons. The monoisotopic (exact) mass is 242 g/mol. The standard InChI is InChI=1S/C12H22N2O3/c1-14-4-2-10(3-5-14)6-13-7-12(11(15)16)8-17-9-12/h10,13H,2-9H2,1H3,(H,15,16). The van der Waals surface area contributed by atoms with E-state index in [-0.39, 0.29) is 0 Å². The second-order valence-corrected chi connectivity index (χ2v) is 5.46. The van der Waals surface area contributed by atoms with E-state index in [0.717, 1.165) is 19.6 Å². The molecular formula is C12H22N2O3. The fraction of sp³-hybridized carbons (Fsp3) is 0.917. The first kappa shape index (κ1) is 12.8. The van der Waals surface area contributed by atoms with Crippen LogP contribution in [0.3, 0.4) is 0 Å². The van der Waals surface area contributed by atoms with Crippen molar-refractivity contribution >= 4 is 5.97 Å². The van der Waals surface area contributed by atoms with Crippen LogP contribution in [0.2, 0.25) is 0 Å². The molecule has 2 fully saturated rings. The van der Waals surface area contributed by atoms with Gasteiger partial charge in [0.1, 0.15) is 5.41 Å². The van der Waals surface area contributed by atoms with Crippen molar-refractivity contribution in [3.05, 3.63) is 0 Å². The van der Waals surface area contributed by atoms with Crippen LogP contribution < -0.4 is 5.32 Å². The number of rotatable bonds is 5. The molecule has 2 aliphatic heterocycles. The Hall–Kier alpha value is -0.650. The topological polar surface area (TPSA) is 61.8 Å². The molecule has 0 aromatic rings. The molecule has 0 amide bonds. The van der Waals surface area contributed by atoms with Gasteiger partial charge in [0.15, 0.2) is 0 Å². The van der Waals surface area contributed by atoms with E-state index < -0.39 is 11.4 Å². The van der Waals surface area contributed by atoms with E-state index >= 15 is 0 Å². The normalized spacial score (nSPS) is 25.5. The zero-order valence-electron chi connectivity index (χ0n) is 10.4. The summed E-state index contributed by atoms with van der Waals surface area (Å²) >= 11 is 0. The fourth-order valence-electron chi connectivity index (χ4n) is 2.43. The SMILES string of the molecule is CN1CCC(CNCC2(C(=O)O)COC2)CC1. The van der Waals surface area contributed by atoms with Crippen LogP contribution in [-0.2, 0) is 9.53 Å². The molecule has 2 rings (SSSR count). The molecule has 0 aliphatic carbocycles. The molecule has 0 aromatic heterocycles. The Morgan fingerprint density at radius 2 is 2.12 bits per heavy atom. The molecule has 0 radical (unpaired) electrons. The van der Waals surface area contributed by atoms with Crippen LogP contribution in [0.25, 0.3) is 0 Å². The third-order valence-electron chi connectivity index (χ3n) is 3.94. The van der Waals surface area contributed by atoms with Crippen molar-refractivity contribution in [2.75, 3.05) is 46.4 Å². The number of hydrogen-bond acceptors (Lipinski definition) is 4. The van der Waals surface area contributed by atoms with E-state index in [0.29, 0.717) is 25.7 Å². The summed E-state index contributed by atoms with van der Waals surface area (Å²) in [4.78, 5) is 13.4. The van der Waals surface area contributed by atoms with E-state index in [1.807, 2.05) is 0 Å². The molecular weight excluding hydrogens is 220 g/mol. The Bertz CT molecular complexity index is 271. The van der Waals surface area contributed by atoms with Crippen molar-refractivity contribution in [2.45, 2.75) is 12.8 Å². The van der Waals surface area contributed by atoms with Gasteiger partial charge in [0.2, 0.25) is 0 Å². The van der Waals surface area contributed by atoms with E-state index in [4.69, 9.17) is 9.84 Å². The van der Waals surface area contributed by atoms with Crippen molar-refractivity contribution in [3.63, 3.8) is 0 Å². The average molecular weight is 242 g/mol.